The maximum absolute atomic E-state index is 9.48. The molecule has 0 aromatic carbocycles. The van der Waals surface area contributed by atoms with Crippen molar-refractivity contribution >= 4 is 12.4 Å². The number of aliphatic hydroxyl groups is 1. The number of imide groups is 1. The van der Waals surface area contributed by atoms with Gasteiger partial charge in [-0.2, -0.15) is 0 Å². The van der Waals surface area contributed by atoms with E-state index in [1.54, 1.807) is 5.32 Å². The Morgan fingerprint density at radius 3 is 2.12 bits per heavy atom. The number of nitrogens with two attached hydrogens (primary N) is 1. The molecule has 0 fully saturated rings. The normalized spacial score (nSPS) is 5.75. The number of carbonyl (C=O) groups excluding carboxylic acids is 2. The van der Waals surface area contributed by atoms with Crippen LogP contribution < -0.4 is 11.1 Å². The molecule has 4 N–H and O–H groups in total. The van der Waals surface area contributed by atoms with Crippen LogP contribution in [0.25, 0.3) is 0 Å². The molecule has 0 aliphatic rings. The Labute approximate surface area is 46.5 Å². The van der Waals surface area contributed by atoms with Crippen molar-refractivity contribution in [1.29, 1.82) is 0 Å². The molecular weight excluding hydrogens is 112 g/mol. The zero-order chi connectivity index (χ0) is 6.99. The summed E-state index contributed by atoms with van der Waals surface area (Å²) in [5.41, 5.74) is 4.42. The Hall–Kier alpha value is -1.10. The predicted molar refractivity (Wildman–Crippen MR) is 26.9 cm³/mol. The fourth-order valence-electron chi connectivity index (χ4n) is 0.0581. The van der Waals surface area contributed by atoms with Crippen LogP contribution in [0, 0.1) is 0 Å². The highest BCUT2D eigenvalue weighted by Gasteiger charge is 1.79. The summed E-state index contributed by atoms with van der Waals surface area (Å²) in [5.74, 6) is 0. The van der Waals surface area contributed by atoms with Gasteiger partial charge >= 0.3 is 6.03 Å². The van der Waals surface area contributed by atoms with E-state index >= 15 is 0 Å². The van der Waals surface area contributed by atoms with Gasteiger partial charge in [0.1, 0.15) is 0 Å². The number of primary amides is 1. The summed E-state index contributed by atoms with van der Waals surface area (Å²) in [6.07, 6.45) is 0.225. The van der Waals surface area contributed by atoms with Crippen LogP contribution in [0.5, 0.6) is 0 Å². The second-order valence-electron chi connectivity index (χ2n) is 0.626. The highest BCUT2D eigenvalue weighted by molar-refractivity contribution is 5.82. The molecule has 0 rings (SSSR count). The second-order valence-corrected chi connectivity index (χ2v) is 0.626. The third-order valence-corrected chi connectivity index (χ3v) is 0.201. The molecule has 8 heavy (non-hydrogen) atoms. The Morgan fingerprint density at radius 1 is 1.75 bits per heavy atom. The lowest BCUT2D eigenvalue weighted by molar-refractivity contribution is -0.108. The Bertz CT molecular complexity index is 72.9. The van der Waals surface area contributed by atoms with E-state index in [1.807, 2.05) is 0 Å². The van der Waals surface area contributed by atoms with Crippen molar-refractivity contribution in [3.63, 3.8) is 0 Å². The highest BCUT2D eigenvalue weighted by Crippen LogP contribution is 1.41. The molecule has 0 atom stereocenters. The third kappa shape index (κ3) is 20.6. The molecule has 0 aromatic rings. The summed E-state index contributed by atoms with van der Waals surface area (Å²) in [4.78, 5) is 18.7. The van der Waals surface area contributed by atoms with Crippen molar-refractivity contribution in [1.82, 2.24) is 5.32 Å². The van der Waals surface area contributed by atoms with Crippen molar-refractivity contribution < 1.29 is 14.7 Å². The first kappa shape index (κ1) is 10.0. The molecule has 0 aliphatic carbocycles. The van der Waals surface area contributed by atoms with Gasteiger partial charge in [-0.25, -0.2) is 4.79 Å². The van der Waals surface area contributed by atoms with Crippen LogP contribution in [-0.2, 0) is 4.79 Å². The van der Waals surface area contributed by atoms with Gasteiger partial charge in [-0.1, -0.05) is 0 Å². The van der Waals surface area contributed by atoms with Gasteiger partial charge in [0.25, 0.3) is 0 Å². The fourth-order valence-corrected chi connectivity index (χ4v) is 0.0581. The van der Waals surface area contributed by atoms with Gasteiger partial charge in [-0.15, -0.1) is 0 Å². The molecule has 5 heteroatoms. The SMILES string of the molecule is CO.NC(=O)NC=O. The zero-order valence-corrected chi connectivity index (χ0v) is 4.42. The average molecular weight is 120 g/mol. The highest BCUT2D eigenvalue weighted by atomic mass is 16.2. The van der Waals surface area contributed by atoms with Crippen LogP contribution in [0.1, 0.15) is 0 Å². The van der Waals surface area contributed by atoms with Crippen LogP contribution in [0.4, 0.5) is 4.79 Å². The molecule has 0 saturated carbocycles. The lowest BCUT2D eigenvalue weighted by Crippen LogP contribution is -2.27. The first-order valence-corrected chi connectivity index (χ1v) is 1.71. The predicted octanol–water partition coefficient (Wildman–Crippen LogP) is -1.58. The van der Waals surface area contributed by atoms with Crippen molar-refractivity contribution in [2.24, 2.45) is 5.73 Å². The van der Waals surface area contributed by atoms with E-state index < -0.39 is 6.03 Å². The Balaban J connectivity index is 0. The molecule has 0 spiro atoms. The molecule has 0 aliphatic heterocycles. The maximum Gasteiger partial charge on any atom is 0.318 e. The maximum atomic E-state index is 9.48. The van der Waals surface area contributed by atoms with Crippen molar-refractivity contribution in [2.75, 3.05) is 7.11 Å². The average Bonchev–Trinajstić information content (AvgIpc) is 1.72. The van der Waals surface area contributed by atoms with E-state index in [9.17, 15) is 9.59 Å². The number of aliphatic hydroxyl groups excluding tert-OH is 1. The van der Waals surface area contributed by atoms with Crippen LogP contribution in [0.3, 0.4) is 0 Å². The quantitative estimate of drug-likeness (QED) is 0.364. The number of hydrogen-bond acceptors (Lipinski definition) is 3. The third-order valence-electron chi connectivity index (χ3n) is 0.201. The summed E-state index contributed by atoms with van der Waals surface area (Å²) >= 11 is 0. The van der Waals surface area contributed by atoms with Gasteiger partial charge in [0.05, 0.1) is 0 Å². The molecule has 0 unspecified atom stereocenters. The number of hydrogen-bond donors (Lipinski definition) is 3. The molecule has 0 radical (unpaired) electrons. The summed E-state index contributed by atoms with van der Waals surface area (Å²) in [6.45, 7) is 0. The Morgan fingerprint density at radius 2 is 2.12 bits per heavy atom. The molecule has 48 valence electrons. The molecule has 0 bridgehead atoms. The topological polar surface area (TPSA) is 92.4 Å². The van der Waals surface area contributed by atoms with E-state index in [1.165, 1.54) is 0 Å². The second kappa shape index (κ2) is 9.31. The van der Waals surface area contributed by atoms with Gasteiger partial charge in [-0.05, 0) is 0 Å². The number of rotatable bonds is 1. The molecule has 5 nitrogen and oxygen atoms in total. The van der Waals surface area contributed by atoms with Crippen LogP contribution in [0.2, 0.25) is 0 Å². The monoisotopic (exact) mass is 120 g/mol. The van der Waals surface area contributed by atoms with E-state index in [0.29, 0.717) is 0 Å². The smallest absolute Gasteiger partial charge is 0.318 e. The minimum absolute atomic E-state index is 0.225. The fraction of sp³-hybridized carbons (Fsp3) is 0.333. The molecule has 3 amide bonds. The zero-order valence-electron chi connectivity index (χ0n) is 4.42. The van der Waals surface area contributed by atoms with Gasteiger partial charge in [0.15, 0.2) is 0 Å². The Kier molecular flexibility index (Phi) is 11.6. The van der Waals surface area contributed by atoms with Crippen molar-refractivity contribution in [3.05, 3.63) is 0 Å². The number of carbonyl (C=O) groups is 2. The first-order chi connectivity index (χ1) is 3.77. The van der Waals surface area contributed by atoms with Crippen LogP contribution >= 0.6 is 0 Å². The van der Waals surface area contributed by atoms with Gasteiger partial charge in [0.2, 0.25) is 6.41 Å². The largest absolute Gasteiger partial charge is 0.400 e. The van der Waals surface area contributed by atoms with Crippen molar-refractivity contribution in [3.8, 4) is 0 Å². The van der Waals surface area contributed by atoms with E-state index in [-0.39, 0.29) is 6.41 Å². The standard InChI is InChI=1S/C2H4N2O2.CH4O/c3-2(6)4-1-5;1-2/h1H,(H3,3,4,5,6);2H,1H3. The van der Waals surface area contributed by atoms with Crippen LogP contribution in [0.15, 0.2) is 0 Å². The minimum Gasteiger partial charge on any atom is -0.400 e. The van der Waals surface area contributed by atoms with E-state index in [2.05, 4.69) is 5.73 Å². The molecule has 0 heterocycles. The van der Waals surface area contributed by atoms with Gasteiger partial charge in [0, 0.05) is 7.11 Å². The van der Waals surface area contributed by atoms with E-state index in [4.69, 9.17) is 5.11 Å². The minimum atomic E-state index is -0.829. The van der Waals surface area contributed by atoms with E-state index in [0.717, 1.165) is 7.11 Å². The summed E-state index contributed by atoms with van der Waals surface area (Å²) in [5, 5.41) is 8.67. The van der Waals surface area contributed by atoms with Crippen LogP contribution in [-0.4, -0.2) is 24.7 Å². The molecule has 0 aromatic heterocycles. The lowest BCUT2D eigenvalue weighted by atomic mass is 11.0. The number of amides is 3. The van der Waals surface area contributed by atoms with Gasteiger partial charge < -0.3 is 10.8 Å². The summed E-state index contributed by atoms with van der Waals surface area (Å²) in [7, 11) is 1.00. The van der Waals surface area contributed by atoms with Crippen molar-refractivity contribution in [2.45, 2.75) is 0 Å². The number of urea groups is 1. The molecular formula is C3H8N2O3. The summed E-state index contributed by atoms with van der Waals surface area (Å²) < 4.78 is 0. The molecule has 0 saturated heterocycles. The number of nitrogens with one attached hydrogen (secondary N) is 1. The summed E-state index contributed by atoms with van der Waals surface area (Å²) in [6, 6.07) is -0.829. The lowest BCUT2D eigenvalue weighted by Gasteiger charge is -1.79. The first-order valence-electron chi connectivity index (χ1n) is 1.71. The van der Waals surface area contributed by atoms with Gasteiger partial charge in [-0.3, -0.25) is 10.1 Å².